The summed E-state index contributed by atoms with van der Waals surface area (Å²) in [6.07, 6.45) is 2.73. The molecule has 4 heteroatoms. The van der Waals surface area contributed by atoms with Crippen molar-refractivity contribution in [1.29, 1.82) is 0 Å². The Morgan fingerprint density at radius 1 is 1.50 bits per heavy atom. The van der Waals surface area contributed by atoms with Crippen molar-refractivity contribution in [2.24, 2.45) is 0 Å². The van der Waals surface area contributed by atoms with Crippen LogP contribution >= 0.6 is 11.6 Å². The second-order valence-corrected chi connectivity index (χ2v) is 6.15. The van der Waals surface area contributed by atoms with Gasteiger partial charge in [0, 0.05) is 37.2 Å². The quantitative estimate of drug-likeness (QED) is 0.780. The molecule has 1 aliphatic heterocycles. The van der Waals surface area contributed by atoms with Gasteiger partial charge in [0.05, 0.1) is 5.60 Å². The molecular weight excluding hydrogens is 274 g/mol. The number of nitrogens with zero attached hydrogens (tertiary/aromatic N) is 1. The van der Waals surface area contributed by atoms with Gasteiger partial charge in [-0.1, -0.05) is 23.7 Å². The fourth-order valence-electron chi connectivity index (χ4n) is 2.73. The van der Waals surface area contributed by atoms with Gasteiger partial charge in [0.15, 0.2) is 5.78 Å². The maximum absolute atomic E-state index is 12.2. The average molecular weight is 296 g/mol. The molecule has 0 bridgehead atoms. The number of carbonyl (C=O) groups is 1. The third kappa shape index (κ3) is 4.05. The Morgan fingerprint density at radius 3 is 3.00 bits per heavy atom. The van der Waals surface area contributed by atoms with Gasteiger partial charge in [0.2, 0.25) is 0 Å². The van der Waals surface area contributed by atoms with E-state index in [1.807, 2.05) is 12.1 Å². The first-order valence-corrected chi connectivity index (χ1v) is 7.46. The Labute approximate surface area is 125 Å². The van der Waals surface area contributed by atoms with E-state index in [-0.39, 0.29) is 11.4 Å². The molecule has 1 aromatic rings. The van der Waals surface area contributed by atoms with Gasteiger partial charge in [-0.05, 0) is 38.4 Å². The summed E-state index contributed by atoms with van der Waals surface area (Å²) < 4.78 is 5.57. The van der Waals surface area contributed by atoms with Crippen LogP contribution in [0.1, 0.15) is 36.5 Å². The molecule has 0 saturated carbocycles. The zero-order valence-corrected chi connectivity index (χ0v) is 12.9. The smallest absolute Gasteiger partial charge is 0.164 e. The highest BCUT2D eigenvalue weighted by atomic mass is 35.5. The zero-order valence-electron chi connectivity index (χ0n) is 12.2. The van der Waals surface area contributed by atoms with Crippen LogP contribution in [0.3, 0.4) is 0 Å². The molecule has 1 atom stereocenters. The normalized spacial score (nSPS) is 23.8. The first-order valence-electron chi connectivity index (χ1n) is 7.09. The molecule has 3 nitrogen and oxygen atoms in total. The number of benzene rings is 1. The number of ketones is 1. The minimum atomic E-state index is -0.0721. The van der Waals surface area contributed by atoms with Gasteiger partial charge >= 0.3 is 0 Å². The predicted octanol–water partition coefficient (Wildman–Crippen LogP) is 3.41. The molecule has 0 amide bonds. The molecule has 0 aromatic heterocycles. The Morgan fingerprint density at radius 2 is 2.30 bits per heavy atom. The molecule has 20 heavy (non-hydrogen) atoms. The van der Waals surface area contributed by atoms with Crippen molar-refractivity contribution in [3.8, 4) is 0 Å². The average Bonchev–Trinajstić information content (AvgIpc) is 2.45. The minimum Gasteiger partial charge on any atom is -0.377 e. The summed E-state index contributed by atoms with van der Waals surface area (Å²) in [4.78, 5) is 14.5. The van der Waals surface area contributed by atoms with Gasteiger partial charge in [-0.3, -0.25) is 4.79 Å². The van der Waals surface area contributed by atoms with Gasteiger partial charge in [-0.25, -0.2) is 0 Å². The van der Waals surface area contributed by atoms with E-state index in [9.17, 15) is 4.79 Å². The predicted molar refractivity (Wildman–Crippen MR) is 81.5 cm³/mol. The second kappa shape index (κ2) is 6.70. The van der Waals surface area contributed by atoms with Crippen LogP contribution < -0.4 is 0 Å². The van der Waals surface area contributed by atoms with Crippen molar-refractivity contribution in [2.45, 2.75) is 31.8 Å². The zero-order chi connectivity index (χ0) is 14.6. The van der Waals surface area contributed by atoms with Crippen LogP contribution in [0, 0.1) is 0 Å². The van der Waals surface area contributed by atoms with Crippen LogP contribution in [0.4, 0.5) is 0 Å². The molecule has 1 aliphatic rings. The lowest BCUT2D eigenvalue weighted by molar-refractivity contribution is -0.0503. The summed E-state index contributed by atoms with van der Waals surface area (Å²) in [5.74, 6) is 0.150. The summed E-state index contributed by atoms with van der Waals surface area (Å²) in [5, 5.41) is 0.612. The Kier molecular flexibility index (Phi) is 5.19. The third-order valence-corrected chi connectivity index (χ3v) is 4.27. The van der Waals surface area contributed by atoms with Crippen molar-refractivity contribution in [2.75, 3.05) is 26.7 Å². The van der Waals surface area contributed by atoms with Gasteiger partial charge in [0.25, 0.3) is 0 Å². The summed E-state index contributed by atoms with van der Waals surface area (Å²) in [6.45, 7) is 4.86. The van der Waals surface area contributed by atoms with E-state index in [0.29, 0.717) is 17.0 Å². The molecule has 110 valence electrons. The molecular formula is C16H22ClNO2. The highest BCUT2D eigenvalue weighted by molar-refractivity contribution is 6.31. The lowest BCUT2D eigenvalue weighted by Gasteiger charge is -2.39. The van der Waals surface area contributed by atoms with E-state index in [0.717, 1.165) is 32.5 Å². The Balaban J connectivity index is 1.87. The highest BCUT2D eigenvalue weighted by Crippen LogP contribution is 2.24. The molecule has 1 heterocycles. The molecule has 0 N–H and O–H groups in total. The number of hydrogen-bond donors (Lipinski definition) is 0. The molecule has 0 radical (unpaired) electrons. The van der Waals surface area contributed by atoms with E-state index >= 15 is 0 Å². The largest absolute Gasteiger partial charge is 0.377 e. The molecule has 0 spiro atoms. The SMILES string of the molecule is COC1(C)CCCN(CCC(=O)c2cccc(Cl)c2)C1. The monoisotopic (exact) mass is 295 g/mol. The Hall–Kier alpha value is -0.900. The van der Waals surface area contributed by atoms with Crippen molar-refractivity contribution < 1.29 is 9.53 Å². The van der Waals surface area contributed by atoms with Gasteiger partial charge in [-0.2, -0.15) is 0 Å². The number of ether oxygens (including phenoxy) is 1. The van der Waals surface area contributed by atoms with E-state index in [2.05, 4.69) is 11.8 Å². The fourth-order valence-corrected chi connectivity index (χ4v) is 2.92. The molecule has 2 rings (SSSR count). The lowest BCUT2D eigenvalue weighted by Crippen LogP contribution is -2.47. The van der Waals surface area contributed by atoms with E-state index in [1.165, 1.54) is 0 Å². The van der Waals surface area contributed by atoms with Crippen molar-refractivity contribution in [3.63, 3.8) is 0 Å². The third-order valence-electron chi connectivity index (χ3n) is 4.03. The number of halogens is 1. The van der Waals surface area contributed by atoms with Gasteiger partial charge < -0.3 is 9.64 Å². The fraction of sp³-hybridized carbons (Fsp3) is 0.562. The number of Topliss-reactive ketones (excluding diaryl/α,β-unsaturated/α-hetero) is 1. The number of methoxy groups -OCH3 is 1. The minimum absolute atomic E-state index is 0.0721. The Bertz CT molecular complexity index is 477. The van der Waals surface area contributed by atoms with E-state index in [1.54, 1.807) is 19.2 Å². The van der Waals surface area contributed by atoms with Crippen LogP contribution in [0.25, 0.3) is 0 Å². The number of likely N-dealkylation sites (tertiary alicyclic amines) is 1. The van der Waals surface area contributed by atoms with Gasteiger partial charge in [0.1, 0.15) is 0 Å². The maximum Gasteiger partial charge on any atom is 0.164 e. The molecule has 1 fully saturated rings. The molecule has 1 unspecified atom stereocenters. The van der Waals surface area contributed by atoms with Crippen LogP contribution in [-0.2, 0) is 4.74 Å². The van der Waals surface area contributed by atoms with Gasteiger partial charge in [-0.15, -0.1) is 0 Å². The number of piperidine rings is 1. The first-order chi connectivity index (χ1) is 9.52. The number of carbonyl (C=O) groups excluding carboxylic acids is 1. The molecule has 1 aromatic carbocycles. The summed E-state index contributed by atoms with van der Waals surface area (Å²) in [7, 11) is 1.76. The summed E-state index contributed by atoms with van der Waals surface area (Å²) >= 11 is 5.91. The second-order valence-electron chi connectivity index (χ2n) is 5.72. The van der Waals surface area contributed by atoms with E-state index < -0.39 is 0 Å². The molecule has 1 saturated heterocycles. The van der Waals surface area contributed by atoms with Crippen molar-refractivity contribution >= 4 is 17.4 Å². The maximum atomic E-state index is 12.2. The summed E-state index contributed by atoms with van der Waals surface area (Å²) in [6, 6.07) is 7.16. The highest BCUT2D eigenvalue weighted by Gasteiger charge is 2.30. The van der Waals surface area contributed by atoms with Crippen molar-refractivity contribution in [3.05, 3.63) is 34.9 Å². The standard InChI is InChI=1S/C16H22ClNO2/c1-16(20-2)8-4-9-18(12-16)10-7-15(19)13-5-3-6-14(17)11-13/h3,5-6,11H,4,7-10,12H2,1-2H3. The van der Waals surface area contributed by atoms with Crippen molar-refractivity contribution in [1.82, 2.24) is 4.90 Å². The van der Waals surface area contributed by atoms with Crippen LogP contribution in [-0.4, -0.2) is 43.0 Å². The van der Waals surface area contributed by atoms with Crippen LogP contribution in [0.2, 0.25) is 5.02 Å². The topological polar surface area (TPSA) is 29.5 Å². The number of hydrogen-bond acceptors (Lipinski definition) is 3. The lowest BCUT2D eigenvalue weighted by atomic mass is 9.94. The van der Waals surface area contributed by atoms with E-state index in [4.69, 9.17) is 16.3 Å². The number of rotatable bonds is 5. The molecule has 0 aliphatic carbocycles. The van der Waals surface area contributed by atoms with Crippen LogP contribution in [0.5, 0.6) is 0 Å². The summed E-state index contributed by atoms with van der Waals surface area (Å²) in [5.41, 5.74) is 0.626. The van der Waals surface area contributed by atoms with Crippen LogP contribution in [0.15, 0.2) is 24.3 Å². The first kappa shape index (κ1) is 15.5.